The van der Waals surface area contributed by atoms with Crippen molar-refractivity contribution in [1.29, 1.82) is 0 Å². The van der Waals surface area contributed by atoms with Gasteiger partial charge in [0.05, 0.1) is 0 Å². The maximum Gasteiger partial charge on any atom is 0.191 e. The van der Waals surface area contributed by atoms with Crippen molar-refractivity contribution in [2.45, 2.75) is 19.0 Å². The largest absolute Gasteiger partial charge is 0.373 e. The van der Waals surface area contributed by atoms with Gasteiger partial charge in [-0.15, -0.1) is 0 Å². The van der Waals surface area contributed by atoms with Gasteiger partial charge in [0.15, 0.2) is 5.16 Å². The number of piperazine rings is 1. The molecule has 1 aliphatic rings. The van der Waals surface area contributed by atoms with Gasteiger partial charge >= 0.3 is 0 Å². The number of anilines is 2. The minimum atomic E-state index is 0.736. The highest BCUT2D eigenvalue weighted by Crippen LogP contribution is 2.21. The van der Waals surface area contributed by atoms with Gasteiger partial charge in [0, 0.05) is 45.8 Å². The van der Waals surface area contributed by atoms with E-state index >= 15 is 0 Å². The van der Waals surface area contributed by atoms with Crippen molar-refractivity contribution >= 4 is 23.4 Å². The first-order valence-electron chi connectivity index (χ1n) is 7.20. The van der Waals surface area contributed by atoms with E-state index in [-0.39, 0.29) is 0 Å². The van der Waals surface area contributed by atoms with Gasteiger partial charge in [0.2, 0.25) is 0 Å². The summed E-state index contributed by atoms with van der Waals surface area (Å²) in [5.74, 6) is 2.67. The maximum absolute atomic E-state index is 4.63. The number of aromatic nitrogens is 2. The minimum Gasteiger partial charge on any atom is -0.373 e. The molecule has 1 aromatic rings. The third kappa shape index (κ3) is 3.99. The number of thioether (sulfide) groups is 1. The summed E-state index contributed by atoms with van der Waals surface area (Å²) in [6, 6.07) is 2.04. The first kappa shape index (κ1) is 15.4. The second kappa shape index (κ2) is 7.13. The number of rotatable bonds is 5. The molecule has 5 nitrogen and oxygen atoms in total. The molecule has 0 atom stereocenters. The zero-order valence-corrected chi connectivity index (χ0v) is 13.7. The fourth-order valence-corrected chi connectivity index (χ4v) is 2.84. The zero-order chi connectivity index (χ0) is 14.5. The molecule has 1 aliphatic heterocycles. The number of nitrogens with one attached hydrogen (secondary N) is 1. The van der Waals surface area contributed by atoms with Crippen LogP contribution in [0.4, 0.5) is 11.6 Å². The summed E-state index contributed by atoms with van der Waals surface area (Å²) in [4.78, 5) is 14.0. The van der Waals surface area contributed by atoms with E-state index in [2.05, 4.69) is 38.9 Å². The van der Waals surface area contributed by atoms with Crippen LogP contribution in [-0.2, 0) is 0 Å². The molecule has 1 aromatic heterocycles. The van der Waals surface area contributed by atoms with Gasteiger partial charge in [-0.2, -0.15) is 0 Å². The van der Waals surface area contributed by atoms with Gasteiger partial charge in [0.1, 0.15) is 11.6 Å². The van der Waals surface area contributed by atoms with E-state index < -0.39 is 0 Å². The molecule has 0 aromatic carbocycles. The summed E-state index contributed by atoms with van der Waals surface area (Å²) in [6.07, 6.45) is 2.01. The molecule has 0 saturated carbocycles. The van der Waals surface area contributed by atoms with Crippen molar-refractivity contribution < 1.29 is 0 Å². The Kier molecular flexibility index (Phi) is 5.48. The highest BCUT2D eigenvalue weighted by atomic mass is 32.2. The molecule has 112 valence electrons. The lowest BCUT2D eigenvalue weighted by atomic mass is 10.2. The smallest absolute Gasteiger partial charge is 0.191 e. The van der Waals surface area contributed by atoms with Crippen LogP contribution in [0.2, 0.25) is 0 Å². The quantitative estimate of drug-likeness (QED) is 0.662. The van der Waals surface area contributed by atoms with E-state index in [0.29, 0.717) is 0 Å². The van der Waals surface area contributed by atoms with E-state index in [9.17, 15) is 0 Å². The Labute approximate surface area is 126 Å². The predicted molar refractivity (Wildman–Crippen MR) is 86.9 cm³/mol. The first-order chi connectivity index (χ1) is 9.62. The Balaban J connectivity index is 2.02. The first-order valence-corrected chi connectivity index (χ1v) is 8.43. The molecule has 1 fully saturated rings. The van der Waals surface area contributed by atoms with Crippen LogP contribution in [0.3, 0.4) is 0 Å². The van der Waals surface area contributed by atoms with Gasteiger partial charge < -0.3 is 10.2 Å². The summed E-state index contributed by atoms with van der Waals surface area (Å²) in [6.45, 7) is 10.1. The molecule has 1 saturated heterocycles. The molecule has 0 radical (unpaired) electrons. The van der Waals surface area contributed by atoms with Crippen molar-refractivity contribution in [3.63, 3.8) is 0 Å². The lowest BCUT2D eigenvalue weighted by Crippen LogP contribution is -2.47. The average Bonchev–Trinajstić information content (AvgIpc) is 2.46. The van der Waals surface area contributed by atoms with Gasteiger partial charge in [-0.25, -0.2) is 9.97 Å². The van der Waals surface area contributed by atoms with Crippen molar-refractivity contribution in [3.05, 3.63) is 6.07 Å². The third-order valence-electron chi connectivity index (χ3n) is 3.45. The maximum atomic E-state index is 4.63. The van der Waals surface area contributed by atoms with Crippen molar-refractivity contribution in [2.24, 2.45) is 5.92 Å². The normalized spacial score (nSPS) is 16.8. The highest BCUT2D eigenvalue weighted by molar-refractivity contribution is 7.98. The predicted octanol–water partition coefficient (Wildman–Crippen LogP) is 2.02. The van der Waals surface area contributed by atoms with Crippen molar-refractivity contribution in [2.75, 3.05) is 56.2 Å². The summed E-state index contributed by atoms with van der Waals surface area (Å²) in [7, 11) is 1.90. The number of nitrogens with zero attached hydrogens (tertiary/aromatic N) is 4. The second-order valence-electron chi connectivity index (χ2n) is 5.53. The minimum absolute atomic E-state index is 0.736. The Hall–Kier alpha value is -1.01. The molecule has 0 bridgehead atoms. The van der Waals surface area contributed by atoms with Gasteiger partial charge in [-0.3, -0.25) is 4.90 Å². The van der Waals surface area contributed by atoms with Crippen LogP contribution in [0.1, 0.15) is 13.8 Å². The molecule has 0 spiro atoms. The molecule has 1 N–H and O–H groups in total. The van der Waals surface area contributed by atoms with E-state index in [0.717, 1.165) is 48.9 Å². The van der Waals surface area contributed by atoms with Gasteiger partial charge in [-0.05, 0) is 12.2 Å². The summed E-state index contributed by atoms with van der Waals surface area (Å²) < 4.78 is 0. The van der Waals surface area contributed by atoms with Crippen molar-refractivity contribution in [3.8, 4) is 0 Å². The van der Waals surface area contributed by atoms with Crippen LogP contribution in [0, 0.1) is 5.92 Å². The Bertz CT molecular complexity index is 407. The highest BCUT2D eigenvalue weighted by Gasteiger charge is 2.19. The Morgan fingerprint density at radius 3 is 2.50 bits per heavy atom. The monoisotopic (exact) mass is 295 g/mol. The topological polar surface area (TPSA) is 44.3 Å². The van der Waals surface area contributed by atoms with Crippen LogP contribution in [-0.4, -0.2) is 60.9 Å². The Morgan fingerprint density at radius 2 is 1.95 bits per heavy atom. The molecule has 2 heterocycles. The van der Waals surface area contributed by atoms with Crippen LogP contribution in [0.15, 0.2) is 11.2 Å². The fraction of sp³-hybridized carbons (Fsp3) is 0.714. The fourth-order valence-electron chi connectivity index (χ4n) is 2.47. The summed E-state index contributed by atoms with van der Waals surface area (Å²) in [5, 5.41) is 3.94. The summed E-state index contributed by atoms with van der Waals surface area (Å²) in [5.41, 5.74) is 0. The molecule has 0 aliphatic carbocycles. The number of hydrogen-bond acceptors (Lipinski definition) is 6. The van der Waals surface area contributed by atoms with E-state index in [1.165, 1.54) is 6.54 Å². The molecule has 20 heavy (non-hydrogen) atoms. The van der Waals surface area contributed by atoms with Crippen LogP contribution >= 0.6 is 11.8 Å². The molecule has 6 heteroatoms. The zero-order valence-electron chi connectivity index (χ0n) is 12.9. The lowest BCUT2D eigenvalue weighted by molar-refractivity contribution is 0.231. The van der Waals surface area contributed by atoms with E-state index in [1.54, 1.807) is 11.8 Å². The van der Waals surface area contributed by atoms with E-state index in [4.69, 9.17) is 0 Å². The SMILES string of the molecule is CNc1cc(N2CCN(CC(C)C)CC2)nc(SC)n1. The Morgan fingerprint density at radius 1 is 1.25 bits per heavy atom. The number of hydrogen-bond donors (Lipinski definition) is 1. The van der Waals surface area contributed by atoms with Gasteiger partial charge in [-0.1, -0.05) is 25.6 Å². The summed E-state index contributed by atoms with van der Waals surface area (Å²) >= 11 is 1.59. The molecule has 2 rings (SSSR count). The van der Waals surface area contributed by atoms with Crippen LogP contribution in [0.5, 0.6) is 0 Å². The lowest BCUT2D eigenvalue weighted by Gasteiger charge is -2.36. The molecular weight excluding hydrogens is 270 g/mol. The molecule has 0 unspecified atom stereocenters. The standard InChI is InChI=1S/C14H25N5S/c1-11(2)10-18-5-7-19(8-6-18)13-9-12(15-3)16-14(17-13)20-4/h9,11H,5-8,10H2,1-4H3,(H,15,16,17). The van der Waals surface area contributed by atoms with Crippen molar-refractivity contribution in [1.82, 2.24) is 14.9 Å². The second-order valence-corrected chi connectivity index (χ2v) is 6.30. The van der Waals surface area contributed by atoms with Gasteiger partial charge in [0.25, 0.3) is 0 Å². The van der Waals surface area contributed by atoms with Crippen LogP contribution in [0.25, 0.3) is 0 Å². The third-order valence-corrected chi connectivity index (χ3v) is 4.00. The molecule has 0 amide bonds. The van der Waals surface area contributed by atoms with Crippen LogP contribution < -0.4 is 10.2 Å². The van der Waals surface area contributed by atoms with E-state index in [1.807, 2.05) is 19.4 Å². The molecular formula is C14H25N5S. The average molecular weight is 295 g/mol.